The van der Waals surface area contributed by atoms with Crippen molar-refractivity contribution < 1.29 is 28.7 Å². The van der Waals surface area contributed by atoms with Gasteiger partial charge in [-0.1, -0.05) is 5.16 Å². The highest BCUT2D eigenvalue weighted by atomic mass is 16.5. The second-order valence-electron chi connectivity index (χ2n) is 5.99. The zero-order valence-electron chi connectivity index (χ0n) is 15.0. The molecule has 0 bridgehead atoms. The molecule has 1 saturated heterocycles. The number of amides is 1. The lowest BCUT2D eigenvalue weighted by Gasteiger charge is -2.32. The van der Waals surface area contributed by atoms with Crippen LogP contribution in [0.5, 0.6) is 5.75 Å². The predicted octanol–water partition coefficient (Wildman–Crippen LogP) is 1.38. The summed E-state index contributed by atoms with van der Waals surface area (Å²) >= 11 is 0. The molecule has 1 amide bonds. The van der Waals surface area contributed by atoms with Crippen LogP contribution in [-0.2, 0) is 20.7 Å². The summed E-state index contributed by atoms with van der Waals surface area (Å²) in [6.45, 7) is 3.10. The van der Waals surface area contributed by atoms with Crippen molar-refractivity contribution in [3.05, 3.63) is 30.2 Å². The summed E-state index contributed by atoms with van der Waals surface area (Å²) in [5.74, 6) is 0.168. The van der Waals surface area contributed by atoms with Crippen LogP contribution in [-0.4, -0.2) is 64.4 Å². The monoisotopic (exact) mass is 375 g/mol. The summed E-state index contributed by atoms with van der Waals surface area (Å²) < 4.78 is 15.7. The van der Waals surface area contributed by atoms with Gasteiger partial charge in [-0.25, -0.2) is 4.79 Å². The van der Waals surface area contributed by atoms with Gasteiger partial charge in [-0.15, -0.1) is 0 Å². The van der Waals surface area contributed by atoms with E-state index in [0.29, 0.717) is 24.9 Å². The van der Waals surface area contributed by atoms with E-state index in [1.54, 1.807) is 0 Å². The van der Waals surface area contributed by atoms with Crippen molar-refractivity contribution >= 4 is 11.9 Å². The Balaban J connectivity index is 1.59. The van der Waals surface area contributed by atoms with Crippen LogP contribution in [0.2, 0.25) is 0 Å². The van der Waals surface area contributed by atoms with Crippen molar-refractivity contribution in [2.24, 2.45) is 0 Å². The molecule has 27 heavy (non-hydrogen) atoms. The fourth-order valence-corrected chi connectivity index (χ4v) is 2.80. The minimum atomic E-state index is -1.07. The number of aromatic nitrogens is 2. The molecule has 0 radical (unpaired) electrons. The normalized spacial score (nSPS) is 16.9. The summed E-state index contributed by atoms with van der Waals surface area (Å²) in [7, 11) is 0. The summed E-state index contributed by atoms with van der Waals surface area (Å²) in [6, 6.07) is 6.35. The summed E-state index contributed by atoms with van der Waals surface area (Å²) in [6.07, 6.45) is 0.335. The van der Waals surface area contributed by atoms with E-state index in [-0.39, 0.29) is 31.9 Å². The van der Waals surface area contributed by atoms with Crippen molar-refractivity contribution in [3.8, 4) is 17.1 Å². The average molecular weight is 375 g/mol. The van der Waals surface area contributed by atoms with Gasteiger partial charge in [0.05, 0.1) is 19.8 Å². The van der Waals surface area contributed by atoms with E-state index in [2.05, 4.69) is 10.1 Å². The Labute approximate surface area is 155 Å². The van der Waals surface area contributed by atoms with Gasteiger partial charge in [-0.05, 0) is 31.2 Å². The van der Waals surface area contributed by atoms with E-state index < -0.39 is 12.0 Å². The standard InChI is InChI=1S/C18H21N3O6/c1-2-26-13-5-3-12(4-6-13)17-19-15(27-20-17)7-8-16(22)21-9-10-25-11-14(21)18(23)24/h3-6,14H,2,7-11H2,1H3,(H,23,24). The van der Waals surface area contributed by atoms with Gasteiger partial charge in [-0.2, -0.15) is 4.98 Å². The van der Waals surface area contributed by atoms with Crippen molar-refractivity contribution in [3.63, 3.8) is 0 Å². The lowest BCUT2D eigenvalue weighted by Crippen LogP contribution is -2.52. The highest BCUT2D eigenvalue weighted by molar-refractivity contribution is 5.84. The van der Waals surface area contributed by atoms with Gasteiger partial charge in [0.15, 0.2) is 6.04 Å². The summed E-state index contributed by atoms with van der Waals surface area (Å²) in [4.78, 5) is 29.2. The fraction of sp³-hybridized carbons (Fsp3) is 0.444. The number of benzene rings is 1. The van der Waals surface area contributed by atoms with E-state index in [1.807, 2.05) is 31.2 Å². The fourth-order valence-electron chi connectivity index (χ4n) is 2.80. The zero-order valence-corrected chi connectivity index (χ0v) is 15.0. The van der Waals surface area contributed by atoms with Crippen LogP contribution in [0.4, 0.5) is 0 Å². The first kappa shape index (κ1) is 18.8. The van der Waals surface area contributed by atoms with Crippen LogP contribution in [0.15, 0.2) is 28.8 Å². The van der Waals surface area contributed by atoms with Crippen LogP contribution < -0.4 is 4.74 Å². The largest absolute Gasteiger partial charge is 0.494 e. The van der Waals surface area contributed by atoms with Crippen LogP contribution in [0.1, 0.15) is 19.2 Å². The molecule has 9 heteroatoms. The molecular weight excluding hydrogens is 354 g/mol. The molecule has 1 N–H and O–H groups in total. The molecule has 2 aromatic rings. The number of nitrogens with zero attached hydrogens (tertiary/aromatic N) is 3. The van der Waals surface area contributed by atoms with E-state index in [4.69, 9.17) is 14.0 Å². The smallest absolute Gasteiger partial charge is 0.328 e. The maximum atomic E-state index is 12.4. The molecule has 0 spiro atoms. The van der Waals surface area contributed by atoms with Crippen LogP contribution >= 0.6 is 0 Å². The van der Waals surface area contributed by atoms with Crippen LogP contribution in [0.25, 0.3) is 11.4 Å². The lowest BCUT2D eigenvalue weighted by molar-refractivity contribution is -0.158. The third-order valence-corrected chi connectivity index (χ3v) is 4.18. The SMILES string of the molecule is CCOc1ccc(-c2noc(CCC(=O)N3CCOCC3C(=O)O)n2)cc1. The van der Waals surface area contributed by atoms with E-state index in [0.717, 1.165) is 11.3 Å². The van der Waals surface area contributed by atoms with Gasteiger partial charge in [0.25, 0.3) is 0 Å². The topological polar surface area (TPSA) is 115 Å². The quantitative estimate of drug-likeness (QED) is 0.772. The van der Waals surface area contributed by atoms with Crippen molar-refractivity contribution in [1.82, 2.24) is 15.0 Å². The van der Waals surface area contributed by atoms with Gasteiger partial charge in [0.2, 0.25) is 17.6 Å². The zero-order chi connectivity index (χ0) is 19.2. The van der Waals surface area contributed by atoms with Gasteiger partial charge in [0.1, 0.15) is 5.75 Å². The number of rotatable bonds is 7. The molecule has 2 heterocycles. The minimum absolute atomic E-state index is 0.00349. The van der Waals surface area contributed by atoms with Crippen molar-refractivity contribution in [2.45, 2.75) is 25.8 Å². The number of hydrogen-bond acceptors (Lipinski definition) is 7. The molecule has 1 fully saturated rings. The van der Waals surface area contributed by atoms with E-state index in [1.165, 1.54) is 4.90 Å². The molecule has 0 aliphatic carbocycles. The highest BCUT2D eigenvalue weighted by Gasteiger charge is 2.32. The third kappa shape index (κ3) is 4.62. The van der Waals surface area contributed by atoms with Crippen molar-refractivity contribution in [1.29, 1.82) is 0 Å². The Morgan fingerprint density at radius 3 is 2.81 bits per heavy atom. The first-order valence-electron chi connectivity index (χ1n) is 8.74. The number of aryl methyl sites for hydroxylation is 1. The molecule has 1 unspecified atom stereocenters. The minimum Gasteiger partial charge on any atom is -0.494 e. The molecule has 1 aliphatic heterocycles. The molecule has 144 valence electrons. The Bertz CT molecular complexity index is 789. The van der Waals surface area contributed by atoms with Gasteiger partial charge >= 0.3 is 5.97 Å². The summed E-state index contributed by atoms with van der Waals surface area (Å²) in [5, 5.41) is 13.1. The molecule has 1 aromatic carbocycles. The molecule has 9 nitrogen and oxygen atoms in total. The van der Waals surface area contributed by atoms with Gasteiger partial charge in [-0.3, -0.25) is 4.79 Å². The molecule has 0 saturated carbocycles. The number of morpholine rings is 1. The van der Waals surface area contributed by atoms with E-state index in [9.17, 15) is 14.7 Å². The highest BCUT2D eigenvalue weighted by Crippen LogP contribution is 2.20. The number of carboxylic acids is 1. The van der Waals surface area contributed by atoms with Crippen LogP contribution in [0.3, 0.4) is 0 Å². The molecule has 1 atom stereocenters. The number of hydrogen-bond donors (Lipinski definition) is 1. The molecule has 1 aliphatic rings. The second kappa shape index (κ2) is 8.63. The Kier molecular flexibility index (Phi) is 6.02. The Morgan fingerprint density at radius 2 is 2.11 bits per heavy atom. The Hall–Kier alpha value is -2.94. The number of aliphatic carboxylic acids is 1. The first-order valence-corrected chi connectivity index (χ1v) is 8.74. The Morgan fingerprint density at radius 1 is 1.33 bits per heavy atom. The van der Waals surface area contributed by atoms with Crippen molar-refractivity contribution in [2.75, 3.05) is 26.4 Å². The maximum absolute atomic E-state index is 12.4. The van der Waals surface area contributed by atoms with Gasteiger partial charge < -0.3 is 24.0 Å². The average Bonchev–Trinajstić information content (AvgIpc) is 3.16. The molecule has 3 rings (SSSR count). The predicted molar refractivity (Wildman–Crippen MR) is 93.2 cm³/mol. The first-order chi connectivity index (χ1) is 13.1. The molecule has 1 aromatic heterocycles. The van der Waals surface area contributed by atoms with Crippen LogP contribution in [0, 0.1) is 0 Å². The number of carboxylic acid groups (broad SMARTS) is 1. The second-order valence-corrected chi connectivity index (χ2v) is 5.99. The lowest BCUT2D eigenvalue weighted by atomic mass is 10.2. The third-order valence-electron chi connectivity index (χ3n) is 4.18. The maximum Gasteiger partial charge on any atom is 0.328 e. The number of carbonyl (C=O) groups is 2. The summed E-state index contributed by atoms with van der Waals surface area (Å²) in [5.41, 5.74) is 0.777. The molecular formula is C18H21N3O6. The number of ether oxygens (including phenoxy) is 2. The van der Waals surface area contributed by atoms with E-state index >= 15 is 0 Å². The van der Waals surface area contributed by atoms with Gasteiger partial charge in [0, 0.05) is 24.9 Å². The number of carbonyl (C=O) groups excluding carboxylic acids is 1.